The summed E-state index contributed by atoms with van der Waals surface area (Å²) < 4.78 is 0. The molecule has 0 heterocycles. The van der Waals surface area contributed by atoms with Gasteiger partial charge in [0.15, 0.2) is 0 Å². The molecular weight excluding hydrogens is 292 g/mol. The lowest BCUT2D eigenvalue weighted by atomic mass is 9.86. The quantitative estimate of drug-likeness (QED) is 0.742. The van der Waals surface area contributed by atoms with Crippen LogP contribution in [0.4, 0.5) is 0 Å². The molecule has 4 N–H and O–H groups in total. The Balaban J connectivity index is 0.000000139. The smallest absolute Gasteiger partial charge is 0.0104 e. The number of nitrogens with two attached hydrogens (primary N) is 2. The van der Waals surface area contributed by atoms with E-state index < -0.39 is 0 Å². The van der Waals surface area contributed by atoms with Gasteiger partial charge >= 0.3 is 0 Å². The van der Waals surface area contributed by atoms with Gasteiger partial charge in [0, 0.05) is 6.54 Å². The van der Waals surface area contributed by atoms with E-state index in [0.717, 1.165) is 48.0 Å². The van der Waals surface area contributed by atoms with Gasteiger partial charge in [-0.05, 0) is 73.7 Å². The predicted molar refractivity (Wildman–Crippen MR) is 105 cm³/mol. The summed E-state index contributed by atoms with van der Waals surface area (Å²) >= 11 is 0. The van der Waals surface area contributed by atoms with E-state index in [-0.39, 0.29) is 7.43 Å². The third-order valence-corrected chi connectivity index (χ3v) is 6.34. The monoisotopic (exact) mass is 328 g/mol. The third-order valence-electron chi connectivity index (χ3n) is 6.34. The second-order valence-corrected chi connectivity index (χ2v) is 7.65. The molecule has 0 radical (unpaired) electrons. The second-order valence-electron chi connectivity index (χ2n) is 7.65. The molecule has 2 nitrogen and oxygen atoms in total. The molecule has 0 aromatic heterocycles. The minimum atomic E-state index is 0. The first-order valence-electron chi connectivity index (χ1n) is 9.31. The topological polar surface area (TPSA) is 52.0 Å². The van der Waals surface area contributed by atoms with Gasteiger partial charge in [-0.15, -0.1) is 6.58 Å². The van der Waals surface area contributed by atoms with Crippen molar-refractivity contribution in [2.75, 3.05) is 13.1 Å². The van der Waals surface area contributed by atoms with Crippen molar-refractivity contribution in [2.45, 2.75) is 33.1 Å². The summed E-state index contributed by atoms with van der Waals surface area (Å²) in [4.78, 5) is 0. The Hall–Kier alpha value is -1.12. The van der Waals surface area contributed by atoms with E-state index >= 15 is 0 Å². The zero-order valence-corrected chi connectivity index (χ0v) is 14.2. The van der Waals surface area contributed by atoms with E-state index in [2.05, 4.69) is 43.0 Å². The van der Waals surface area contributed by atoms with Crippen LogP contribution < -0.4 is 11.5 Å². The molecule has 2 saturated carbocycles. The van der Waals surface area contributed by atoms with Crippen LogP contribution in [0.5, 0.6) is 0 Å². The minimum Gasteiger partial charge on any atom is -0.330 e. The molecule has 0 spiro atoms. The summed E-state index contributed by atoms with van der Waals surface area (Å²) in [5.41, 5.74) is 10.5. The highest BCUT2D eigenvalue weighted by atomic mass is 14.6. The van der Waals surface area contributed by atoms with Crippen molar-refractivity contribution in [2.24, 2.45) is 52.9 Å². The van der Waals surface area contributed by atoms with Crippen molar-refractivity contribution in [3.05, 3.63) is 49.1 Å². The molecule has 2 heteroatoms. The molecule has 0 aliphatic heterocycles. The predicted octanol–water partition coefficient (Wildman–Crippen LogP) is 4.31. The molecule has 134 valence electrons. The molecule has 2 fully saturated rings. The first kappa shape index (κ1) is 19.2. The Morgan fingerprint density at radius 3 is 2.12 bits per heavy atom. The number of rotatable bonds is 2. The number of hydrogen-bond donors (Lipinski definition) is 2. The molecule has 7 unspecified atom stereocenters. The Morgan fingerprint density at radius 2 is 1.62 bits per heavy atom. The largest absolute Gasteiger partial charge is 0.330 e. The summed E-state index contributed by atoms with van der Waals surface area (Å²) in [7, 11) is 0. The van der Waals surface area contributed by atoms with Crippen molar-refractivity contribution >= 4 is 0 Å². The molecule has 0 aromatic rings. The van der Waals surface area contributed by atoms with Gasteiger partial charge in [-0.2, -0.15) is 0 Å². The van der Waals surface area contributed by atoms with Crippen LogP contribution in [0.15, 0.2) is 49.1 Å². The van der Waals surface area contributed by atoms with Gasteiger partial charge in [0.25, 0.3) is 0 Å². The minimum absolute atomic E-state index is 0. The van der Waals surface area contributed by atoms with Crippen molar-refractivity contribution in [3.63, 3.8) is 0 Å². The average molecular weight is 329 g/mol. The van der Waals surface area contributed by atoms with Gasteiger partial charge in [0.05, 0.1) is 0 Å². The lowest BCUT2D eigenvalue weighted by molar-refractivity contribution is 0.398. The van der Waals surface area contributed by atoms with Gasteiger partial charge < -0.3 is 11.5 Å². The second kappa shape index (κ2) is 8.82. The maximum absolute atomic E-state index is 5.59. The fraction of sp³-hybridized carbons (Fsp3) is 0.636. The van der Waals surface area contributed by atoms with Crippen LogP contribution in [-0.4, -0.2) is 13.1 Å². The molecule has 5 rings (SSSR count). The van der Waals surface area contributed by atoms with E-state index in [1.54, 1.807) is 6.08 Å². The normalized spacial score (nSPS) is 41.2. The Labute approximate surface area is 148 Å². The van der Waals surface area contributed by atoms with Gasteiger partial charge in [-0.1, -0.05) is 50.0 Å². The first-order valence-corrected chi connectivity index (χ1v) is 9.31. The highest BCUT2D eigenvalue weighted by Gasteiger charge is 2.44. The number of fused-ring (bicyclic) bond motifs is 7. The summed E-state index contributed by atoms with van der Waals surface area (Å²) in [6.45, 7) is 4.83. The van der Waals surface area contributed by atoms with E-state index in [1.807, 2.05) is 0 Å². The van der Waals surface area contributed by atoms with Gasteiger partial charge in [-0.25, -0.2) is 0 Å². The molecule has 0 aromatic carbocycles. The van der Waals surface area contributed by atoms with Crippen LogP contribution in [0.2, 0.25) is 0 Å². The van der Waals surface area contributed by atoms with Crippen LogP contribution in [0, 0.1) is 41.4 Å². The zero-order valence-electron chi connectivity index (χ0n) is 14.2. The van der Waals surface area contributed by atoms with Crippen LogP contribution in [-0.2, 0) is 0 Å². The molecule has 24 heavy (non-hydrogen) atoms. The molecule has 4 bridgehead atoms. The Kier molecular flexibility index (Phi) is 7.06. The highest BCUT2D eigenvalue weighted by Crippen LogP contribution is 2.52. The summed E-state index contributed by atoms with van der Waals surface area (Å²) in [5.74, 6) is 6.38. The lowest BCUT2D eigenvalue weighted by Gasteiger charge is -2.18. The molecule has 5 aliphatic carbocycles. The number of hydrogen-bond acceptors (Lipinski definition) is 2. The summed E-state index contributed by atoms with van der Waals surface area (Å²) in [6, 6.07) is 0. The van der Waals surface area contributed by atoms with Crippen molar-refractivity contribution < 1.29 is 0 Å². The maximum Gasteiger partial charge on any atom is 0.0104 e. The maximum atomic E-state index is 5.59. The van der Waals surface area contributed by atoms with Gasteiger partial charge in [0.1, 0.15) is 0 Å². The molecular formula is C22H36N2. The van der Waals surface area contributed by atoms with Gasteiger partial charge in [-0.3, -0.25) is 0 Å². The third kappa shape index (κ3) is 3.92. The molecule has 0 amide bonds. The summed E-state index contributed by atoms with van der Waals surface area (Å²) in [6.07, 6.45) is 21.6. The van der Waals surface area contributed by atoms with Gasteiger partial charge in [0.2, 0.25) is 0 Å². The van der Waals surface area contributed by atoms with E-state index in [1.165, 1.54) is 25.7 Å². The van der Waals surface area contributed by atoms with Crippen LogP contribution in [0.25, 0.3) is 0 Å². The van der Waals surface area contributed by atoms with Crippen molar-refractivity contribution in [1.82, 2.24) is 0 Å². The Morgan fingerprint density at radius 1 is 0.917 bits per heavy atom. The molecule has 5 aliphatic rings. The standard InChI is InChI=1S/C10H12.C8H13N.C3H7N.CH4/c1-2-9-7-4-5-8(6-7)10(9)3-1;9-5-8-4-6-1-2-7(8)3-6;1-2-3-4;/h1-2,4-5,7-10H,3,6H2;1-2,6-8H,3-5,9H2;2H,1,3-4H2;1H4. The van der Waals surface area contributed by atoms with E-state index in [4.69, 9.17) is 11.5 Å². The highest BCUT2D eigenvalue weighted by molar-refractivity contribution is 5.21. The zero-order chi connectivity index (χ0) is 16.2. The van der Waals surface area contributed by atoms with E-state index in [0.29, 0.717) is 6.54 Å². The lowest BCUT2D eigenvalue weighted by Crippen LogP contribution is -2.17. The summed E-state index contributed by atoms with van der Waals surface area (Å²) in [5, 5.41) is 0. The van der Waals surface area contributed by atoms with E-state index in [9.17, 15) is 0 Å². The van der Waals surface area contributed by atoms with Crippen LogP contribution in [0.3, 0.4) is 0 Å². The molecule has 0 saturated heterocycles. The average Bonchev–Trinajstić information content (AvgIpc) is 3.39. The number of allylic oxidation sites excluding steroid dienone is 6. The molecule has 7 atom stereocenters. The SMILES string of the molecule is C.C1=CC2C3C=CC(C3)C2C1.C=CCN.NCC1CC2C=CC1C2. The van der Waals surface area contributed by atoms with Crippen LogP contribution >= 0.6 is 0 Å². The van der Waals surface area contributed by atoms with Crippen molar-refractivity contribution in [3.8, 4) is 0 Å². The first-order chi connectivity index (χ1) is 11.3. The fourth-order valence-electron chi connectivity index (χ4n) is 5.14. The van der Waals surface area contributed by atoms with Crippen molar-refractivity contribution in [1.29, 1.82) is 0 Å². The van der Waals surface area contributed by atoms with Crippen LogP contribution in [0.1, 0.15) is 33.1 Å². The fourth-order valence-corrected chi connectivity index (χ4v) is 5.14. The Bertz CT molecular complexity index is 490.